The van der Waals surface area contributed by atoms with Crippen LogP contribution in [0.15, 0.2) is 54.6 Å². The molecule has 0 heterocycles. The predicted molar refractivity (Wildman–Crippen MR) is 86.8 cm³/mol. The van der Waals surface area contributed by atoms with Gasteiger partial charge in [-0.15, -0.1) is 0 Å². The second-order valence-electron chi connectivity index (χ2n) is 4.75. The lowest BCUT2D eigenvalue weighted by Crippen LogP contribution is -1.95. The minimum Gasteiger partial charge on any atom is -0.494 e. The zero-order valence-corrected chi connectivity index (χ0v) is 12.5. The lowest BCUT2D eigenvalue weighted by molar-refractivity contribution is 0.104. The molecule has 0 radical (unpaired) electrons. The largest absolute Gasteiger partial charge is 0.494 e. The first-order valence-electron chi connectivity index (χ1n) is 7.27. The first-order chi connectivity index (χ1) is 10.2. The van der Waals surface area contributed by atoms with Crippen LogP contribution in [0, 0.1) is 0 Å². The van der Waals surface area contributed by atoms with Gasteiger partial charge in [0, 0.05) is 5.56 Å². The van der Waals surface area contributed by atoms with Crippen LogP contribution < -0.4 is 4.74 Å². The summed E-state index contributed by atoms with van der Waals surface area (Å²) in [5, 5.41) is 0. The highest BCUT2D eigenvalue weighted by Gasteiger charge is 2.02. The number of aryl methyl sites for hydroxylation is 1. The van der Waals surface area contributed by atoms with Crippen LogP contribution in [0.5, 0.6) is 5.75 Å². The predicted octanol–water partition coefficient (Wildman–Crippen LogP) is 4.54. The standard InChI is InChI=1S/C19H20O2/c1-3-15-5-7-16(8-6-15)9-14-19(20)17-10-12-18(13-11-17)21-4-2/h5-14H,3-4H2,1-2H3. The second kappa shape index (κ2) is 7.44. The minimum absolute atomic E-state index is 0.00221. The van der Waals surface area contributed by atoms with Crippen molar-refractivity contribution in [1.29, 1.82) is 0 Å². The molecule has 0 aliphatic rings. The van der Waals surface area contributed by atoms with Gasteiger partial charge in [0.15, 0.2) is 5.78 Å². The number of rotatable bonds is 6. The molecule has 0 aromatic heterocycles. The van der Waals surface area contributed by atoms with Crippen LogP contribution in [0.2, 0.25) is 0 Å². The summed E-state index contributed by atoms with van der Waals surface area (Å²) in [6, 6.07) is 15.4. The van der Waals surface area contributed by atoms with Gasteiger partial charge < -0.3 is 4.74 Å². The van der Waals surface area contributed by atoms with Crippen molar-refractivity contribution < 1.29 is 9.53 Å². The van der Waals surface area contributed by atoms with Gasteiger partial charge in [0.2, 0.25) is 0 Å². The number of carbonyl (C=O) groups is 1. The molecule has 2 aromatic rings. The Kier molecular flexibility index (Phi) is 5.33. The van der Waals surface area contributed by atoms with Gasteiger partial charge >= 0.3 is 0 Å². The van der Waals surface area contributed by atoms with Gasteiger partial charge in [0.05, 0.1) is 6.61 Å². The normalized spacial score (nSPS) is 10.8. The van der Waals surface area contributed by atoms with E-state index in [0.29, 0.717) is 12.2 Å². The molecule has 21 heavy (non-hydrogen) atoms. The monoisotopic (exact) mass is 280 g/mol. The van der Waals surface area contributed by atoms with Crippen LogP contribution >= 0.6 is 0 Å². The Balaban J connectivity index is 2.03. The summed E-state index contributed by atoms with van der Waals surface area (Å²) in [7, 11) is 0. The first-order valence-corrected chi connectivity index (χ1v) is 7.27. The Morgan fingerprint density at radius 1 is 1.00 bits per heavy atom. The van der Waals surface area contributed by atoms with E-state index in [-0.39, 0.29) is 5.78 Å². The molecule has 0 atom stereocenters. The number of benzene rings is 2. The molecular weight excluding hydrogens is 260 g/mol. The maximum absolute atomic E-state index is 12.1. The van der Waals surface area contributed by atoms with Crippen LogP contribution in [0.25, 0.3) is 6.08 Å². The van der Waals surface area contributed by atoms with Gasteiger partial charge in [-0.2, -0.15) is 0 Å². The number of ether oxygens (including phenoxy) is 1. The van der Waals surface area contributed by atoms with Crippen molar-refractivity contribution in [2.45, 2.75) is 20.3 Å². The van der Waals surface area contributed by atoms with E-state index in [1.165, 1.54) is 5.56 Å². The fraction of sp³-hybridized carbons (Fsp3) is 0.211. The Morgan fingerprint density at radius 3 is 2.24 bits per heavy atom. The third kappa shape index (κ3) is 4.32. The summed E-state index contributed by atoms with van der Waals surface area (Å²) < 4.78 is 5.36. The van der Waals surface area contributed by atoms with E-state index in [2.05, 4.69) is 19.1 Å². The zero-order chi connectivity index (χ0) is 15.1. The summed E-state index contributed by atoms with van der Waals surface area (Å²) in [5.41, 5.74) is 3.00. The second-order valence-corrected chi connectivity index (χ2v) is 4.75. The molecule has 0 amide bonds. The molecule has 108 valence electrons. The average Bonchev–Trinajstić information content (AvgIpc) is 2.54. The Labute approximate surface area is 126 Å². The Bertz CT molecular complexity index is 607. The molecule has 0 aliphatic heterocycles. The summed E-state index contributed by atoms with van der Waals surface area (Å²) in [5.74, 6) is 0.783. The van der Waals surface area contributed by atoms with Gasteiger partial charge in [0.1, 0.15) is 5.75 Å². The fourth-order valence-electron chi connectivity index (χ4n) is 2.01. The lowest BCUT2D eigenvalue weighted by Gasteiger charge is -2.03. The van der Waals surface area contributed by atoms with Crippen molar-refractivity contribution in [3.8, 4) is 5.75 Å². The van der Waals surface area contributed by atoms with Gasteiger partial charge in [-0.3, -0.25) is 4.79 Å². The van der Waals surface area contributed by atoms with Crippen molar-refractivity contribution in [2.75, 3.05) is 6.61 Å². The van der Waals surface area contributed by atoms with Crippen LogP contribution in [-0.4, -0.2) is 12.4 Å². The quantitative estimate of drug-likeness (QED) is 0.573. The molecule has 2 nitrogen and oxygen atoms in total. The van der Waals surface area contributed by atoms with E-state index in [9.17, 15) is 4.79 Å². The van der Waals surface area contributed by atoms with E-state index in [0.717, 1.165) is 17.7 Å². The molecule has 0 saturated heterocycles. The Hall–Kier alpha value is -2.35. The van der Waals surface area contributed by atoms with Crippen LogP contribution in [0.3, 0.4) is 0 Å². The summed E-state index contributed by atoms with van der Waals surface area (Å²) in [6.07, 6.45) is 4.48. The maximum atomic E-state index is 12.1. The number of carbonyl (C=O) groups excluding carboxylic acids is 1. The molecule has 0 fully saturated rings. The third-order valence-electron chi connectivity index (χ3n) is 3.26. The van der Waals surface area contributed by atoms with Crippen molar-refractivity contribution in [1.82, 2.24) is 0 Å². The molecule has 2 aromatic carbocycles. The fourth-order valence-corrected chi connectivity index (χ4v) is 2.01. The summed E-state index contributed by atoms with van der Waals surface area (Å²) >= 11 is 0. The topological polar surface area (TPSA) is 26.3 Å². The average molecular weight is 280 g/mol. The van der Waals surface area contributed by atoms with E-state index in [1.54, 1.807) is 18.2 Å². The number of hydrogen-bond donors (Lipinski definition) is 0. The van der Waals surface area contributed by atoms with Gasteiger partial charge in [-0.25, -0.2) is 0 Å². The third-order valence-corrected chi connectivity index (χ3v) is 3.26. The van der Waals surface area contributed by atoms with E-state index in [1.807, 2.05) is 37.3 Å². The number of ketones is 1. The minimum atomic E-state index is -0.00221. The zero-order valence-electron chi connectivity index (χ0n) is 12.5. The molecule has 2 rings (SSSR count). The lowest BCUT2D eigenvalue weighted by atomic mass is 10.1. The molecule has 0 N–H and O–H groups in total. The number of allylic oxidation sites excluding steroid dienone is 1. The van der Waals surface area contributed by atoms with Gasteiger partial charge in [0.25, 0.3) is 0 Å². The molecule has 0 aliphatic carbocycles. The molecular formula is C19H20O2. The maximum Gasteiger partial charge on any atom is 0.185 e. The van der Waals surface area contributed by atoms with E-state index < -0.39 is 0 Å². The molecule has 0 bridgehead atoms. The molecule has 0 saturated carbocycles. The van der Waals surface area contributed by atoms with Crippen molar-refractivity contribution in [3.05, 3.63) is 71.3 Å². The highest BCUT2D eigenvalue weighted by Crippen LogP contribution is 2.13. The highest BCUT2D eigenvalue weighted by atomic mass is 16.5. The summed E-state index contributed by atoms with van der Waals surface area (Å²) in [4.78, 5) is 12.1. The highest BCUT2D eigenvalue weighted by molar-refractivity contribution is 6.06. The molecule has 0 unspecified atom stereocenters. The molecule has 0 spiro atoms. The van der Waals surface area contributed by atoms with E-state index in [4.69, 9.17) is 4.74 Å². The van der Waals surface area contributed by atoms with Crippen LogP contribution in [0.1, 0.15) is 35.3 Å². The van der Waals surface area contributed by atoms with Gasteiger partial charge in [-0.05, 0) is 54.8 Å². The van der Waals surface area contributed by atoms with Crippen LogP contribution in [-0.2, 0) is 6.42 Å². The summed E-state index contributed by atoms with van der Waals surface area (Å²) in [6.45, 7) is 4.69. The van der Waals surface area contributed by atoms with Crippen LogP contribution in [0.4, 0.5) is 0 Å². The first kappa shape index (κ1) is 15.0. The number of hydrogen-bond acceptors (Lipinski definition) is 2. The Morgan fingerprint density at radius 2 is 1.67 bits per heavy atom. The van der Waals surface area contributed by atoms with Crippen molar-refractivity contribution >= 4 is 11.9 Å². The smallest absolute Gasteiger partial charge is 0.185 e. The van der Waals surface area contributed by atoms with Crippen molar-refractivity contribution in [3.63, 3.8) is 0 Å². The van der Waals surface area contributed by atoms with Gasteiger partial charge in [-0.1, -0.05) is 37.3 Å². The van der Waals surface area contributed by atoms with Crippen molar-refractivity contribution in [2.24, 2.45) is 0 Å². The SMILES string of the molecule is CCOc1ccc(C(=O)C=Cc2ccc(CC)cc2)cc1. The molecule has 2 heteroatoms. The van der Waals surface area contributed by atoms with E-state index >= 15 is 0 Å².